The van der Waals surface area contributed by atoms with Crippen molar-refractivity contribution in [2.45, 2.75) is 55.0 Å². The van der Waals surface area contributed by atoms with Crippen LogP contribution in [0.3, 0.4) is 0 Å². The molecule has 2 heterocycles. The van der Waals surface area contributed by atoms with Crippen LogP contribution < -0.4 is 10.2 Å². The zero-order valence-corrected chi connectivity index (χ0v) is 18.8. The van der Waals surface area contributed by atoms with Gasteiger partial charge in [0, 0.05) is 10.6 Å². The van der Waals surface area contributed by atoms with Crippen LogP contribution in [0.15, 0.2) is 59.5 Å². The number of thioether (sulfide) groups is 1. The maximum atomic E-state index is 13.7. The van der Waals surface area contributed by atoms with E-state index in [0.717, 1.165) is 52.5 Å². The summed E-state index contributed by atoms with van der Waals surface area (Å²) in [7, 11) is 0. The Kier molecular flexibility index (Phi) is 5.67. The molecule has 0 aromatic heterocycles. The first-order valence-electron chi connectivity index (χ1n) is 11.3. The molecule has 1 saturated heterocycles. The summed E-state index contributed by atoms with van der Waals surface area (Å²) < 4.78 is 0. The Morgan fingerprint density at radius 2 is 1.66 bits per heavy atom. The van der Waals surface area contributed by atoms with E-state index in [9.17, 15) is 14.4 Å². The number of carbonyl (C=O) groups excluding carboxylic acids is 3. The van der Waals surface area contributed by atoms with Crippen molar-refractivity contribution in [2.75, 3.05) is 17.2 Å². The zero-order chi connectivity index (χ0) is 22.1. The lowest BCUT2D eigenvalue weighted by Crippen LogP contribution is -2.48. The molecule has 2 aromatic rings. The van der Waals surface area contributed by atoms with Gasteiger partial charge in [0.2, 0.25) is 5.91 Å². The van der Waals surface area contributed by atoms with Crippen molar-refractivity contribution in [1.29, 1.82) is 0 Å². The second-order valence-corrected chi connectivity index (χ2v) is 9.85. The summed E-state index contributed by atoms with van der Waals surface area (Å²) in [5.41, 5.74) is 1.04. The minimum atomic E-state index is -0.831. The number of rotatable bonds is 3. The van der Waals surface area contributed by atoms with Gasteiger partial charge in [-0.1, -0.05) is 68.1 Å². The molecule has 2 aromatic carbocycles. The van der Waals surface area contributed by atoms with Crippen molar-refractivity contribution in [3.63, 3.8) is 0 Å². The van der Waals surface area contributed by atoms with Gasteiger partial charge in [-0.05, 0) is 30.5 Å². The van der Waals surface area contributed by atoms with Gasteiger partial charge >= 0.3 is 6.03 Å². The molecule has 6 nitrogen and oxygen atoms in total. The molecule has 2 aliphatic heterocycles. The lowest BCUT2D eigenvalue weighted by atomic mass is 9.90. The van der Waals surface area contributed by atoms with Crippen LogP contribution in [0, 0.1) is 0 Å². The highest BCUT2D eigenvalue weighted by molar-refractivity contribution is 7.99. The van der Waals surface area contributed by atoms with Crippen LogP contribution in [0.2, 0.25) is 0 Å². The maximum absolute atomic E-state index is 13.7. The lowest BCUT2D eigenvalue weighted by molar-refractivity contribution is -0.134. The van der Waals surface area contributed by atoms with E-state index in [0.29, 0.717) is 12.8 Å². The summed E-state index contributed by atoms with van der Waals surface area (Å²) in [4.78, 5) is 43.8. The first-order chi connectivity index (χ1) is 15.6. The van der Waals surface area contributed by atoms with E-state index in [4.69, 9.17) is 0 Å². The Bertz CT molecular complexity index is 1030. The Labute approximate surface area is 192 Å². The smallest absolute Gasteiger partial charge is 0.323 e. The van der Waals surface area contributed by atoms with Crippen molar-refractivity contribution >= 4 is 35.3 Å². The standard InChI is InChI=1S/C25H27N3O3S/c29-22(16-27-23(30)25(26-24(27)31)14-8-1-2-9-15-25)28-19-12-6-7-13-21(19)32-17-20(28)18-10-4-3-5-11-18/h3-7,10-13,20H,1-2,8-9,14-17H2,(H,26,31)/t20-/m1/s1. The largest absolute Gasteiger partial charge is 0.325 e. The molecule has 5 rings (SSSR count). The molecule has 32 heavy (non-hydrogen) atoms. The fourth-order valence-electron chi connectivity index (χ4n) is 5.12. The van der Waals surface area contributed by atoms with E-state index in [-0.39, 0.29) is 24.4 Å². The van der Waals surface area contributed by atoms with E-state index < -0.39 is 11.6 Å². The summed E-state index contributed by atoms with van der Waals surface area (Å²) in [5.74, 6) is 0.242. The Hall–Kier alpha value is -2.80. The number of hydrogen-bond acceptors (Lipinski definition) is 4. The number of urea groups is 1. The molecule has 7 heteroatoms. The minimum Gasteiger partial charge on any atom is -0.323 e. The fourth-order valence-corrected chi connectivity index (χ4v) is 6.29. The highest BCUT2D eigenvalue weighted by Gasteiger charge is 2.51. The summed E-state index contributed by atoms with van der Waals surface area (Å²) in [6.07, 6.45) is 5.28. The quantitative estimate of drug-likeness (QED) is 0.700. The Morgan fingerprint density at radius 1 is 0.969 bits per heavy atom. The molecule has 0 radical (unpaired) electrons. The molecule has 4 amide bonds. The number of anilines is 1. The molecular weight excluding hydrogens is 422 g/mol. The molecule has 1 N–H and O–H groups in total. The first kappa shape index (κ1) is 21.1. The van der Waals surface area contributed by atoms with Gasteiger partial charge in [0.05, 0.1) is 11.7 Å². The number of amides is 4. The number of benzene rings is 2. The number of nitrogens with zero attached hydrogens (tertiary/aromatic N) is 2. The molecule has 1 spiro atoms. The van der Waals surface area contributed by atoms with E-state index in [1.54, 1.807) is 16.7 Å². The van der Waals surface area contributed by atoms with Gasteiger partial charge in [-0.2, -0.15) is 0 Å². The summed E-state index contributed by atoms with van der Waals surface area (Å²) in [6.45, 7) is -0.241. The second kappa shape index (κ2) is 8.62. The lowest BCUT2D eigenvalue weighted by Gasteiger charge is -2.37. The van der Waals surface area contributed by atoms with Crippen LogP contribution in [0.1, 0.15) is 50.1 Å². The van der Waals surface area contributed by atoms with E-state index in [2.05, 4.69) is 5.32 Å². The molecule has 0 unspecified atom stereocenters. The summed E-state index contributed by atoms with van der Waals surface area (Å²) in [6, 6.07) is 17.2. The average molecular weight is 450 g/mol. The first-order valence-corrected chi connectivity index (χ1v) is 12.3. The van der Waals surface area contributed by atoms with Crippen LogP contribution >= 0.6 is 11.8 Å². The fraction of sp³-hybridized carbons (Fsp3) is 0.400. The number of hydrogen-bond donors (Lipinski definition) is 1. The Balaban J connectivity index is 1.44. The van der Waals surface area contributed by atoms with Crippen LogP contribution in [0.4, 0.5) is 10.5 Å². The normalized spacial score (nSPS) is 22.4. The predicted molar refractivity (Wildman–Crippen MR) is 125 cm³/mol. The zero-order valence-electron chi connectivity index (χ0n) is 18.0. The highest BCUT2D eigenvalue weighted by Crippen LogP contribution is 2.43. The number of fused-ring (bicyclic) bond motifs is 1. The monoisotopic (exact) mass is 449 g/mol. The SMILES string of the molecule is O=C1NC2(CCCCCC2)C(=O)N1CC(=O)N1c2ccccc2SC[C@@H]1c1ccccc1. The molecule has 1 aliphatic carbocycles. The molecule has 1 atom stereocenters. The average Bonchev–Trinajstić information content (AvgIpc) is 2.97. The van der Waals surface area contributed by atoms with Gasteiger partial charge < -0.3 is 10.2 Å². The third kappa shape index (κ3) is 3.68. The van der Waals surface area contributed by atoms with Crippen LogP contribution in [-0.4, -0.2) is 40.6 Å². The molecule has 2 fully saturated rings. The van der Waals surface area contributed by atoms with E-state index in [1.165, 1.54) is 0 Å². The molecule has 1 saturated carbocycles. The van der Waals surface area contributed by atoms with Crippen LogP contribution in [0.5, 0.6) is 0 Å². The number of para-hydroxylation sites is 1. The van der Waals surface area contributed by atoms with Crippen LogP contribution in [-0.2, 0) is 9.59 Å². The van der Waals surface area contributed by atoms with Gasteiger partial charge in [0.25, 0.3) is 5.91 Å². The van der Waals surface area contributed by atoms with Gasteiger partial charge in [-0.25, -0.2) is 4.79 Å². The van der Waals surface area contributed by atoms with Crippen molar-refractivity contribution in [2.24, 2.45) is 0 Å². The predicted octanol–water partition coefficient (Wildman–Crippen LogP) is 4.51. The highest BCUT2D eigenvalue weighted by atomic mass is 32.2. The third-order valence-corrected chi connectivity index (χ3v) is 7.92. The molecular formula is C25H27N3O3S. The Morgan fingerprint density at radius 3 is 2.41 bits per heavy atom. The van der Waals surface area contributed by atoms with Gasteiger partial charge in [-0.15, -0.1) is 11.8 Å². The summed E-state index contributed by atoms with van der Waals surface area (Å²) in [5, 5.41) is 2.94. The topological polar surface area (TPSA) is 69.7 Å². The molecule has 3 aliphatic rings. The number of carbonyl (C=O) groups is 3. The van der Waals surface area contributed by atoms with E-state index >= 15 is 0 Å². The van der Waals surface area contributed by atoms with Crippen molar-refractivity contribution in [1.82, 2.24) is 10.2 Å². The van der Waals surface area contributed by atoms with Gasteiger partial charge in [0.15, 0.2) is 0 Å². The van der Waals surface area contributed by atoms with Crippen molar-refractivity contribution in [3.05, 3.63) is 60.2 Å². The maximum Gasteiger partial charge on any atom is 0.325 e. The minimum absolute atomic E-state index is 0.156. The van der Waals surface area contributed by atoms with Gasteiger partial charge in [-0.3, -0.25) is 14.5 Å². The number of imide groups is 1. The van der Waals surface area contributed by atoms with E-state index in [1.807, 2.05) is 54.6 Å². The van der Waals surface area contributed by atoms with Gasteiger partial charge in [0.1, 0.15) is 12.1 Å². The molecule has 0 bridgehead atoms. The number of nitrogens with one attached hydrogen (secondary N) is 1. The van der Waals surface area contributed by atoms with Crippen LogP contribution in [0.25, 0.3) is 0 Å². The van der Waals surface area contributed by atoms with Crippen molar-refractivity contribution in [3.8, 4) is 0 Å². The second-order valence-electron chi connectivity index (χ2n) is 8.79. The van der Waals surface area contributed by atoms with Crippen molar-refractivity contribution < 1.29 is 14.4 Å². The molecule has 166 valence electrons. The third-order valence-electron chi connectivity index (χ3n) is 6.78. The summed E-state index contributed by atoms with van der Waals surface area (Å²) >= 11 is 1.72.